The second-order valence-electron chi connectivity index (χ2n) is 7.93. The van der Waals surface area contributed by atoms with Crippen LogP contribution >= 0.6 is 47.1 Å². The van der Waals surface area contributed by atoms with Crippen LogP contribution in [0.4, 0.5) is 11.4 Å². The van der Waals surface area contributed by atoms with Gasteiger partial charge in [0.2, 0.25) is 5.91 Å². The van der Waals surface area contributed by atoms with Gasteiger partial charge in [0.1, 0.15) is 4.32 Å². The average Bonchev–Trinajstić information content (AvgIpc) is 3.45. The summed E-state index contributed by atoms with van der Waals surface area (Å²) in [5.41, 5.74) is 1.90. The van der Waals surface area contributed by atoms with Gasteiger partial charge in [0, 0.05) is 27.6 Å². The minimum atomic E-state index is -0.0153. The highest BCUT2D eigenvalue weighted by atomic mass is 32.2. The molecule has 0 bridgehead atoms. The number of amides is 2. The number of carbonyl (C=O) groups is 2. The fourth-order valence-electron chi connectivity index (χ4n) is 4.00. The number of fused-ring (bicyclic) bond motifs is 2. The average molecular weight is 523 g/mol. The van der Waals surface area contributed by atoms with Crippen molar-refractivity contribution in [2.45, 2.75) is 35.5 Å². The van der Waals surface area contributed by atoms with Crippen LogP contribution in [0.2, 0.25) is 0 Å². The number of hydrogen-bond donors (Lipinski definition) is 0. The van der Waals surface area contributed by atoms with E-state index in [-0.39, 0.29) is 11.8 Å². The van der Waals surface area contributed by atoms with E-state index in [1.807, 2.05) is 64.9 Å². The molecule has 0 aliphatic carbocycles. The summed E-state index contributed by atoms with van der Waals surface area (Å²) >= 11 is 10.1. The molecule has 2 aliphatic heterocycles. The van der Waals surface area contributed by atoms with Gasteiger partial charge in [-0.3, -0.25) is 19.4 Å². The van der Waals surface area contributed by atoms with Gasteiger partial charge in [-0.2, -0.15) is 0 Å². The third kappa shape index (κ3) is 4.86. The second-order valence-corrected chi connectivity index (χ2v) is 11.7. The lowest BCUT2D eigenvalue weighted by atomic mass is 10.1. The van der Waals surface area contributed by atoms with Crippen LogP contribution in [0.15, 0.2) is 80.7 Å². The summed E-state index contributed by atoms with van der Waals surface area (Å²) in [7, 11) is 0. The first kappa shape index (κ1) is 23.4. The number of thiocarbonyl (C=S) groups is 1. The number of thioether (sulfide) groups is 1. The quantitative estimate of drug-likeness (QED) is 0.184. The maximum absolute atomic E-state index is 13.3. The van der Waals surface area contributed by atoms with Gasteiger partial charge in [0.05, 0.1) is 16.3 Å². The number of anilines is 2. The van der Waals surface area contributed by atoms with E-state index in [2.05, 4.69) is 12.1 Å². The zero-order chi connectivity index (χ0) is 23.5. The molecule has 1 aromatic heterocycles. The van der Waals surface area contributed by atoms with Crippen LogP contribution in [0.5, 0.6) is 0 Å². The highest BCUT2D eigenvalue weighted by Gasteiger charge is 2.32. The van der Waals surface area contributed by atoms with Crippen molar-refractivity contribution in [3.63, 3.8) is 0 Å². The monoisotopic (exact) mass is 522 g/mol. The Kier molecular flexibility index (Phi) is 7.20. The molecular formula is C26H22N2O2S4. The number of benzene rings is 2. The molecule has 0 unspecified atom stereocenters. The van der Waals surface area contributed by atoms with Gasteiger partial charge in [-0.1, -0.05) is 72.5 Å². The molecule has 2 aromatic carbocycles. The van der Waals surface area contributed by atoms with Gasteiger partial charge in [0.15, 0.2) is 0 Å². The topological polar surface area (TPSA) is 40.6 Å². The van der Waals surface area contributed by atoms with Crippen LogP contribution in [0.3, 0.4) is 0 Å². The number of nitrogens with zero attached hydrogens (tertiary/aromatic N) is 2. The number of rotatable bonds is 7. The zero-order valence-electron chi connectivity index (χ0n) is 18.3. The number of thiophene rings is 1. The Morgan fingerprint density at radius 2 is 1.59 bits per heavy atom. The summed E-state index contributed by atoms with van der Waals surface area (Å²) in [6.45, 7) is 0.590. The lowest BCUT2D eigenvalue weighted by Gasteiger charge is -2.31. The molecule has 3 aromatic rings. The maximum atomic E-state index is 13.3. The predicted octanol–water partition coefficient (Wildman–Crippen LogP) is 7.34. The SMILES string of the molecule is O=C1C(=Cc2cccs2)SC(=S)N1CCCCCC(=O)N1c2ccccc2Sc2ccccc21. The highest BCUT2D eigenvalue weighted by Crippen LogP contribution is 2.48. The number of unbranched alkanes of at least 4 members (excludes halogenated alkanes) is 2. The Hall–Kier alpha value is -2.39. The molecule has 172 valence electrons. The number of hydrogen-bond acceptors (Lipinski definition) is 6. The zero-order valence-corrected chi connectivity index (χ0v) is 21.6. The molecule has 5 rings (SSSR count). The molecule has 0 N–H and O–H groups in total. The van der Waals surface area contributed by atoms with E-state index in [1.54, 1.807) is 28.0 Å². The first-order valence-electron chi connectivity index (χ1n) is 11.1. The fraction of sp³-hybridized carbons (Fsp3) is 0.192. The van der Waals surface area contributed by atoms with E-state index in [9.17, 15) is 9.59 Å². The molecule has 4 nitrogen and oxygen atoms in total. The minimum absolute atomic E-state index is 0.0153. The Morgan fingerprint density at radius 3 is 2.26 bits per heavy atom. The molecule has 0 spiro atoms. The largest absolute Gasteiger partial charge is 0.293 e. The molecule has 0 radical (unpaired) electrons. The summed E-state index contributed by atoms with van der Waals surface area (Å²) in [5, 5.41) is 1.99. The van der Waals surface area contributed by atoms with Crippen LogP contribution in [-0.2, 0) is 9.59 Å². The smallest absolute Gasteiger partial charge is 0.266 e. The summed E-state index contributed by atoms with van der Waals surface area (Å²) in [5.74, 6) is 0.0863. The van der Waals surface area contributed by atoms with Crippen molar-refractivity contribution in [1.29, 1.82) is 0 Å². The van der Waals surface area contributed by atoms with E-state index < -0.39 is 0 Å². The minimum Gasteiger partial charge on any atom is -0.293 e. The van der Waals surface area contributed by atoms with E-state index in [4.69, 9.17) is 12.2 Å². The summed E-state index contributed by atoms with van der Waals surface area (Å²) in [4.78, 5) is 33.5. The van der Waals surface area contributed by atoms with Crippen LogP contribution < -0.4 is 4.90 Å². The third-order valence-corrected chi connectivity index (χ3v) is 8.97. The van der Waals surface area contributed by atoms with Crippen LogP contribution in [0, 0.1) is 0 Å². The van der Waals surface area contributed by atoms with Gasteiger partial charge in [0.25, 0.3) is 5.91 Å². The van der Waals surface area contributed by atoms with Crippen molar-refractivity contribution >= 4 is 80.7 Å². The second kappa shape index (κ2) is 10.5. The van der Waals surface area contributed by atoms with Crippen molar-refractivity contribution in [2.75, 3.05) is 11.4 Å². The first-order valence-corrected chi connectivity index (χ1v) is 14.0. The molecule has 8 heteroatoms. The Bertz CT molecular complexity index is 1220. The van der Waals surface area contributed by atoms with Gasteiger partial charge < -0.3 is 0 Å². The van der Waals surface area contributed by atoms with Crippen molar-refractivity contribution in [1.82, 2.24) is 4.90 Å². The Morgan fingerprint density at radius 1 is 0.882 bits per heavy atom. The van der Waals surface area contributed by atoms with E-state index in [0.717, 1.165) is 45.3 Å². The summed E-state index contributed by atoms with van der Waals surface area (Å²) in [6, 6.07) is 20.1. The molecule has 34 heavy (non-hydrogen) atoms. The maximum Gasteiger partial charge on any atom is 0.266 e. The molecule has 0 saturated carbocycles. The first-order chi connectivity index (χ1) is 16.6. The lowest BCUT2D eigenvalue weighted by Crippen LogP contribution is -2.29. The summed E-state index contributed by atoms with van der Waals surface area (Å²) < 4.78 is 0.614. The van der Waals surface area contributed by atoms with Gasteiger partial charge >= 0.3 is 0 Å². The van der Waals surface area contributed by atoms with Crippen LogP contribution in [-0.4, -0.2) is 27.6 Å². The third-order valence-electron chi connectivity index (χ3n) is 5.64. The van der Waals surface area contributed by atoms with E-state index in [0.29, 0.717) is 22.2 Å². The standard InChI is InChI=1S/C26H22N2O2S4/c29-24(28-19-10-3-5-12-21(19)33-22-13-6-4-11-20(22)28)14-2-1-7-15-27-25(30)23(34-26(27)31)17-18-9-8-16-32-18/h3-6,8-13,16-17H,1-2,7,14-15H2. The van der Waals surface area contributed by atoms with Gasteiger partial charge in [-0.05, 0) is 54.6 Å². The fourth-order valence-corrected chi connectivity index (χ4v) is 7.09. The Balaban J connectivity index is 1.16. The van der Waals surface area contributed by atoms with Crippen molar-refractivity contribution in [3.05, 3.63) is 75.8 Å². The van der Waals surface area contributed by atoms with E-state index in [1.165, 1.54) is 11.8 Å². The number of para-hydroxylation sites is 2. The molecular weight excluding hydrogens is 501 g/mol. The van der Waals surface area contributed by atoms with Crippen molar-refractivity contribution in [2.24, 2.45) is 0 Å². The number of carbonyl (C=O) groups excluding carboxylic acids is 2. The van der Waals surface area contributed by atoms with E-state index >= 15 is 0 Å². The van der Waals surface area contributed by atoms with Crippen molar-refractivity contribution < 1.29 is 9.59 Å². The van der Waals surface area contributed by atoms with Gasteiger partial charge in [-0.25, -0.2) is 0 Å². The molecule has 1 fully saturated rings. The van der Waals surface area contributed by atoms with Crippen molar-refractivity contribution in [3.8, 4) is 0 Å². The molecule has 2 amide bonds. The normalized spacial score (nSPS) is 16.2. The molecule has 0 atom stereocenters. The van der Waals surface area contributed by atoms with Crippen LogP contribution in [0.1, 0.15) is 30.6 Å². The molecule has 2 aliphatic rings. The predicted molar refractivity (Wildman–Crippen MR) is 147 cm³/mol. The Labute approximate surface area is 217 Å². The molecule has 1 saturated heterocycles. The summed E-state index contributed by atoms with van der Waals surface area (Å²) in [6.07, 6.45) is 4.82. The van der Waals surface area contributed by atoms with Crippen LogP contribution in [0.25, 0.3) is 6.08 Å². The highest BCUT2D eigenvalue weighted by molar-refractivity contribution is 8.26. The van der Waals surface area contributed by atoms with Gasteiger partial charge in [-0.15, -0.1) is 11.3 Å². The lowest BCUT2D eigenvalue weighted by molar-refractivity contribution is -0.122. The molecule has 3 heterocycles.